The zero-order chi connectivity index (χ0) is 71.3. The fourth-order valence-corrected chi connectivity index (χ4v) is 11.7. The molecule has 2 aromatic carbocycles. The Morgan fingerprint density at radius 2 is 0.872 bits per heavy atom. The first kappa shape index (κ1) is 80.3. The van der Waals surface area contributed by atoms with Crippen LogP contribution in [0.2, 0.25) is 0 Å². The lowest BCUT2D eigenvalue weighted by atomic mass is 9.95. The van der Waals surface area contributed by atoms with E-state index in [-0.39, 0.29) is 68.7 Å². The standard InChI is InChI=1S/C69H109N11O14/c1-19-44(9)58(72-59(83)49(70)20-2)68(92)79(18)53(35-41(3)4)64(88)73(12)45(10)61(85)77(16)55(37-43(7)8)67(91)78(17)56(39-48-31-25-22-26-32-48)65(89)74(13)46(11)62(86)76(15)54(36-42(5)6)66(90)75(14)52(38-47-29-23-21-24-30-47)60(84)71-50(40-57(81)82)63(87)80-34-28-27-33-51(80)69(93)94/h21-26,29-32,41-46,49-56,58H,19-20,27-28,33-40,70H2,1-18H3,(H,71,84)(H,72,83)(H,81,82)(H,93,94)/t44-,45-,46-,49-,50-,51-,52-,53-,54-,55-,56-,58-/m0/s1. The molecule has 0 bridgehead atoms. The largest absolute Gasteiger partial charge is 0.481 e. The molecule has 94 heavy (non-hydrogen) atoms. The molecule has 2 aromatic rings. The number of nitrogens with zero attached hydrogens (tertiary/aromatic N) is 8. The summed E-state index contributed by atoms with van der Waals surface area (Å²) in [5.74, 6) is -10.1. The Balaban J connectivity index is 2.03. The number of carboxylic acid groups (broad SMARTS) is 2. The topological polar surface area (TPSA) is 321 Å². The Morgan fingerprint density at radius 3 is 1.27 bits per heavy atom. The van der Waals surface area contributed by atoms with Crippen molar-refractivity contribution in [3.05, 3.63) is 71.8 Å². The van der Waals surface area contributed by atoms with E-state index in [2.05, 4.69) is 10.6 Å². The summed E-state index contributed by atoms with van der Waals surface area (Å²) in [4.78, 5) is 180. The minimum absolute atomic E-state index is 0.0274. The van der Waals surface area contributed by atoms with Crippen LogP contribution in [0.5, 0.6) is 0 Å². The van der Waals surface area contributed by atoms with Crippen LogP contribution >= 0.6 is 0 Å². The zero-order valence-corrected chi connectivity index (χ0v) is 58.9. The van der Waals surface area contributed by atoms with Gasteiger partial charge >= 0.3 is 11.9 Å². The van der Waals surface area contributed by atoms with Crippen LogP contribution in [0.25, 0.3) is 0 Å². The van der Waals surface area contributed by atoms with Crippen molar-refractivity contribution in [1.29, 1.82) is 0 Å². The second kappa shape index (κ2) is 37.2. The SMILES string of the molecule is CC[C@H](N)C(=O)N[C@H](C(=O)N(C)[C@@H](CC(C)C)C(=O)N(C)[C@@H](C)C(=O)N(C)[C@@H](CC(C)C)C(=O)N(C)[C@@H](Cc1ccccc1)C(=O)N(C)[C@@H](C)C(=O)N(C)[C@@H](CC(C)C)C(=O)N(C)[C@@H](Cc1ccccc1)C(=O)N[C@@H](CC(=O)O)C(=O)N1CCCC[C@H]1C(=O)O)[C@@H](C)CC. The molecule has 0 radical (unpaired) electrons. The minimum atomic E-state index is -1.70. The molecule has 1 fully saturated rings. The smallest absolute Gasteiger partial charge is 0.326 e. The number of rotatable bonds is 35. The van der Waals surface area contributed by atoms with Gasteiger partial charge in [-0.15, -0.1) is 0 Å². The van der Waals surface area contributed by atoms with E-state index in [1.54, 1.807) is 67.6 Å². The summed E-state index contributed by atoms with van der Waals surface area (Å²) in [6, 6.07) is 4.22. The number of carbonyl (C=O) groups is 12. The second-order valence-electron chi connectivity index (χ2n) is 26.8. The summed E-state index contributed by atoms with van der Waals surface area (Å²) < 4.78 is 0. The summed E-state index contributed by atoms with van der Waals surface area (Å²) in [6.07, 6.45) is 1.42. The number of carboxylic acids is 2. The van der Waals surface area contributed by atoms with Crippen LogP contribution in [0.1, 0.15) is 145 Å². The van der Waals surface area contributed by atoms with E-state index in [4.69, 9.17) is 5.73 Å². The van der Waals surface area contributed by atoms with Gasteiger partial charge in [-0.05, 0) is 93.6 Å². The number of likely N-dealkylation sites (tertiary alicyclic amines) is 1. The van der Waals surface area contributed by atoms with E-state index in [0.29, 0.717) is 36.8 Å². The van der Waals surface area contributed by atoms with E-state index in [9.17, 15) is 53.4 Å². The normalized spacial score (nSPS) is 16.7. The van der Waals surface area contributed by atoms with Gasteiger partial charge in [0.1, 0.15) is 60.4 Å². The molecule has 25 nitrogen and oxygen atoms in total. The monoisotopic (exact) mass is 1320 g/mol. The Morgan fingerprint density at radius 1 is 0.489 bits per heavy atom. The van der Waals surface area contributed by atoms with Crippen molar-refractivity contribution in [1.82, 2.24) is 49.8 Å². The Hall–Kier alpha value is -7.96. The molecule has 0 spiro atoms. The summed E-state index contributed by atoms with van der Waals surface area (Å²) in [5, 5.41) is 25.3. The van der Waals surface area contributed by atoms with Gasteiger partial charge in [-0.1, -0.05) is 129 Å². The third-order valence-electron chi connectivity index (χ3n) is 18.3. The molecule has 10 amide bonds. The van der Waals surface area contributed by atoms with Gasteiger partial charge in [-0.3, -0.25) is 52.7 Å². The van der Waals surface area contributed by atoms with Crippen LogP contribution < -0.4 is 16.4 Å². The summed E-state index contributed by atoms with van der Waals surface area (Å²) >= 11 is 0. The molecule has 25 heteroatoms. The van der Waals surface area contributed by atoms with Crippen molar-refractivity contribution in [3.8, 4) is 0 Å². The highest BCUT2D eigenvalue weighted by molar-refractivity contribution is 5.99. The van der Waals surface area contributed by atoms with Crippen molar-refractivity contribution in [2.75, 3.05) is 55.9 Å². The quantitative estimate of drug-likeness (QED) is 0.0648. The number of amides is 10. The first-order chi connectivity index (χ1) is 43.9. The van der Waals surface area contributed by atoms with Crippen LogP contribution in [0.3, 0.4) is 0 Å². The third kappa shape index (κ3) is 21.8. The van der Waals surface area contributed by atoms with Gasteiger partial charge in [0.05, 0.1) is 12.5 Å². The Labute approximate surface area is 556 Å². The molecule has 0 aromatic heterocycles. The average molecular weight is 1320 g/mol. The lowest BCUT2D eigenvalue weighted by Gasteiger charge is -2.40. The van der Waals surface area contributed by atoms with Crippen molar-refractivity contribution in [2.45, 2.75) is 213 Å². The lowest BCUT2D eigenvalue weighted by Crippen LogP contribution is -2.61. The number of nitrogens with two attached hydrogens (primary N) is 1. The lowest BCUT2D eigenvalue weighted by molar-refractivity contribution is -0.156. The van der Waals surface area contributed by atoms with Gasteiger partial charge in [0.2, 0.25) is 59.1 Å². The molecule has 6 N–H and O–H groups in total. The van der Waals surface area contributed by atoms with Gasteiger partial charge in [-0.2, -0.15) is 0 Å². The molecule has 3 rings (SSSR count). The average Bonchev–Trinajstić information content (AvgIpc) is 0.822. The van der Waals surface area contributed by atoms with E-state index < -0.39 is 144 Å². The molecular formula is C69H109N11O14. The second-order valence-corrected chi connectivity index (χ2v) is 26.8. The maximum absolute atomic E-state index is 15.3. The van der Waals surface area contributed by atoms with Crippen molar-refractivity contribution in [3.63, 3.8) is 0 Å². The molecule has 1 saturated heterocycles. The predicted molar refractivity (Wildman–Crippen MR) is 357 cm³/mol. The van der Waals surface area contributed by atoms with Crippen molar-refractivity contribution < 1.29 is 67.7 Å². The molecule has 1 aliphatic rings. The Bertz CT molecular complexity index is 2910. The summed E-state index contributed by atoms with van der Waals surface area (Å²) in [5.41, 5.74) is 7.30. The van der Waals surface area contributed by atoms with Crippen LogP contribution in [-0.4, -0.2) is 243 Å². The number of hydrogen-bond donors (Lipinski definition) is 5. The van der Waals surface area contributed by atoms with Crippen molar-refractivity contribution in [2.24, 2.45) is 29.4 Å². The van der Waals surface area contributed by atoms with Crippen LogP contribution in [0.15, 0.2) is 60.7 Å². The fraction of sp³-hybridized carbons (Fsp3) is 0.652. The van der Waals surface area contributed by atoms with Crippen LogP contribution in [-0.2, 0) is 70.4 Å². The molecule has 1 heterocycles. The highest BCUT2D eigenvalue weighted by atomic mass is 16.4. The first-order valence-corrected chi connectivity index (χ1v) is 33.0. The number of aliphatic carboxylic acids is 2. The molecule has 0 unspecified atom stereocenters. The zero-order valence-electron chi connectivity index (χ0n) is 58.9. The molecular weight excluding hydrogens is 1210 g/mol. The van der Waals surface area contributed by atoms with Crippen LogP contribution in [0.4, 0.5) is 0 Å². The summed E-state index contributed by atoms with van der Waals surface area (Å²) in [6.45, 7) is 19.7. The number of likely N-dealkylation sites (N-methyl/N-ethyl adjacent to an activating group) is 7. The molecule has 1 aliphatic heterocycles. The minimum Gasteiger partial charge on any atom is -0.481 e. The predicted octanol–water partition coefficient (Wildman–Crippen LogP) is 4.13. The highest BCUT2D eigenvalue weighted by Crippen LogP contribution is 2.26. The fourth-order valence-electron chi connectivity index (χ4n) is 11.7. The van der Waals surface area contributed by atoms with E-state index in [0.717, 1.165) is 9.80 Å². The molecule has 12 atom stereocenters. The highest BCUT2D eigenvalue weighted by Gasteiger charge is 2.45. The third-order valence-corrected chi connectivity index (χ3v) is 18.3. The van der Waals surface area contributed by atoms with Gasteiger partial charge in [0, 0.05) is 68.7 Å². The Kier molecular flexibility index (Phi) is 31.8. The number of hydrogen-bond acceptors (Lipinski definition) is 13. The molecule has 524 valence electrons. The van der Waals surface area contributed by atoms with Gasteiger partial charge in [0.15, 0.2) is 0 Å². The number of nitrogens with one attached hydrogen (secondary N) is 2. The summed E-state index contributed by atoms with van der Waals surface area (Å²) in [7, 11) is 10.1. The number of benzene rings is 2. The van der Waals surface area contributed by atoms with Gasteiger partial charge in [0.25, 0.3) is 0 Å². The molecule has 0 aliphatic carbocycles. The first-order valence-electron chi connectivity index (χ1n) is 33.0. The van der Waals surface area contributed by atoms with E-state index in [1.807, 2.05) is 55.4 Å². The van der Waals surface area contributed by atoms with Crippen LogP contribution in [0, 0.1) is 23.7 Å². The van der Waals surface area contributed by atoms with Gasteiger partial charge < -0.3 is 65.8 Å². The van der Waals surface area contributed by atoms with E-state index >= 15 is 14.4 Å². The van der Waals surface area contributed by atoms with Gasteiger partial charge in [-0.25, -0.2) is 4.79 Å². The van der Waals surface area contributed by atoms with Crippen molar-refractivity contribution >= 4 is 71.0 Å². The number of carbonyl (C=O) groups excluding carboxylic acids is 10. The maximum atomic E-state index is 15.3. The molecule has 0 saturated carbocycles. The van der Waals surface area contributed by atoms with E-state index in [1.165, 1.54) is 92.6 Å². The number of piperidine rings is 1. The maximum Gasteiger partial charge on any atom is 0.326 e.